The van der Waals surface area contributed by atoms with Crippen LogP contribution in [0.3, 0.4) is 0 Å². The predicted molar refractivity (Wildman–Crippen MR) is 73.9 cm³/mol. The van der Waals surface area contributed by atoms with Crippen LogP contribution in [0, 0.1) is 6.92 Å². The van der Waals surface area contributed by atoms with Gasteiger partial charge in [0, 0.05) is 18.6 Å². The predicted octanol–water partition coefficient (Wildman–Crippen LogP) is 0.712. The second kappa shape index (κ2) is 5.50. The summed E-state index contributed by atoms with van der Waals surface area (Å²) >= 11 is 0. The third-order valence-electron chi connectivity index (χ3n) is 3.53. The number of hydrogen-bond donors (Lipinski definition) is 1. The van der Waals surface area contributed by atoms with Crippen LogP contribution < -0.4 is 5.73 Å². The van der Waals surface area contributed by atoms with Gasteiger partial charge in [-0.05, 0) is 20.3 Å². The second-order valence-electron chi connectivity index (χ2n) is 4.91. The van der Waals surface area contributed by atoms with E-state index in [2.05, 4.69) is 5.10 Å². The van der Waals surface area contributed by atoms with Crippen LogP contribution >= 0.6 is 0 Å². The Morgan fingerprint density at radius 2 is 2.26 bits per heavy atom. The minimum absolute atomic E-state index is 0.121. The third kappa shape index (κ3) is 3.09. The first-order chi connectivity index (χ1) is 8.94. The normalized spacial score (nSPS) is 21.9. The molecule has 0 spiro atoms. The molecule has 19 heavy (non-hydrogen) atoms. The maximum absolute atomic E-state index is 11.5. The van der Waals surface area contributed by atoms with Crippen molar-refractivity contribution in [2.75, 3.05) is 30.5 Å². The molecule has 0 saturated carbocycles. The minimum atomic E-state index is -2.93. The molecule has 2 N–H and O–H groups in total. The van der Waals surface area contributed by atoms with Crippen LogP contribution in [-0.4, -0.2) is 42.9 Å². The molecule has 1 aliphatic rings. The van der Waals surface area contributed by atoms with Gasteiger partial charge in [-0.25, -0.2) is 13.1 Å². The molecule has 0 radical (unpaired) electrons. The highest BCUT2D eigenvalue weighted by molar-refractivity contribution is 7.91. The van der Waals surface area contributed by atoms with Crippen molar-refractivity contribution in [3.05, 3.63) is 11.3 Å². The largest absolute Gasteiger partial charge is 0.384 e. The van der Waals surface area contributed by atoms with Crippen LogP contribution in [0.1, 0.15) is 30.6 Å². The van der Waals surface area contributed by atoms with Crippen molar-refractivity contribution in [3.63, 3.8) is 0 Å². The van der Waals surface area contributed by atoms with Crippen molar-refractivity contribution >= 4 is 15.7 Å². The summed E-state index contributed by atoms with van der Waals surface area (Å²) in [5.41, 5.74) is 7.87. The Balaban J connectivity index is 2.16. The number of nitrogen functional groups attached to an aromatic ring is 1. The second-order valence-corrected chi connectivity index (χ2v) is 7.13. The Morgan fingerprint density at radius 1 is 1.53 bits per heavy atom. The van der Waals surface area contributed by atoms with E-state index in [-0.39, 0.29) is 17.5 Å². The number of hydrogen-bond acceptors (Lipinski definition) is 5. The smallest absolute Gasteiger partial charge is 0.152 e. The number of aromatic nitrogens is 2. The van der Waals surface area contributed by atoms with E-state index in [4.69, 9.17) is 10.5 Å². The number of sulfone groups is 1. The lowest BCUT2D eigenvalue weighted by Crippen LogP contribution is -2.15. The monoisotopic (exact) mass is 287 g/mol. The molecule has 2 heterocycles. The van der Waals surface area contributed by atoms with E-state index in [1.54, 1.807) is 4.68 Å². The summed E-state index contributed by atoms with van der Waals surface area (Å²) in [4.78, 5) is 0. The molecule has 0 aromatic carbocycles. The van der Waals surface area contributed by atoms with Crippen molar-refractivity contribution in [1.82, 2.24) is 9.78 Å². The number of anilines is 1. The number of nitrogens with two attached hydrogens (primary N) is 1. The SMILES string of the molecule is CCOCCc1nn(C2CCS(=O)(=O)C2)c(N)c1C. The highest BCUT2D eigenvalue weighted by atomic mass is 32.2. The summed E-state index contributed by atoms with van der Waals surface area (Å²) in [5.74, 6) is 0.946. The standard InChI is InChI=1S/C12H21N3O3S/c1-3-18-6-4-11-9(2)12(13)15(14-11)10-5-7-19(16,17)8-10/h10H,3-8,13H2,1-2H3. The Morgan fingerprint density at radius 3 is 2.84 bits per heavy atom. The van der Waals surface area contributed by atoms with Gasteiger partial charge >= 0.3 is 0 Å². The number of ether oxygens (including phenoxy) is 1. The van der Waals surface area contributed by atoms with E-state index in [0.29, 0.717) is 31.9 Å². The molecular weight excluding hydrogens is 266 g/mol. The van der Waals surface area contributed by atoms with Crippen LogP contribution in [-0.2, 0) is 21.0 Å². The van der Waals surface area contributed by atoms with E-state index in [1.165, 1.54) is 0 Å². The average molecular weight is 287 g/mol. The van der Waals surface area contributed by atoms with Gasteiger partial charge in [-0.1, -0.05) is 0 Å². The molecule has 1 atom stereocenters. The van der Waals surface area contributed by atoms with Gasteiger partial charge in [-0.2, -0.15) is 5.10 Å². The van der Waals surface area contributed by atoms with Gasteiger partial charge in [0.2, 0.25) is 0 Å². The molecule has 1 fully saturated rings. The molecule has 2 rings (SSSR count). The van der Waals surface area contributed by atoms with Crippen LogP contribution in [0.5, 0.6) is 0 Å². The lowest BCUT2D eigenvalue weighted by molar-refractivity contribution is 0.150. The fourth-order valence-corrected chi connectivity index (χ4v) is 4.07. The van der Waals surface area contributed by atoms with Crippen molar-refractivity contribution in [3.8, 4) is 0 Å². The Kier molecular flexibility index (Phi) is 4.15. The fraction of sp³-hybridized carbons (Fsp3) is 0.750. The van der Waals surface area contributed by atoms with Crippen LogP contribution in [0.15, 0.2) is 0 Å². The first-order valence-electron chi connectivity index (χ1n) is 6.56. The van der Waals surface area contributed by atoms with Crippen LogP contribution in [0.2, 0.25) is 0 Å². The molecule has 6 nitrogen and oxygen atoms in total. The van der Waals surface area contributed by atoms with Gasteiger partial charge in [0.25, 0.3) is 0 Å². The molecule has 7 heteroatoms. The van der Waals surface area contributed by atoms with Gasteiger partial charge in [0.1, 0.15) is 5.82 Å². The van der Waals surface area contributed by atoms with Crippen LogP contribution in [0.25, 0.3) is 0 Å². The van der Waals surface area contributed by atoms with Gasteiger partial charge in [0.15, 0.2) is 9.84 Å². The van der Waals surface area contributed by atoms with Crippen LogP contribution in [0.4, 0.5) is 5.82 Å². The number of rotatable bonds is 5. The van der Waals surface area contributed by atoms with Gasteiger partial charge < -0.3 is 10.5 Å². The fourth-order valence-electron chi connectivity index (χ4n) is 2.38. The van der Waals surface area contributed by atoms with E-state index < -0.39 is 9.84 Å². The van der Waals surface area contributed by atoms with E-state index in [0.717, 1.165) is 11.3 Å². The summed E-state index contributed by atoms with van der Waals surface area (Å²) in [6.45, 7) is 5.15. The molecule has 1 aliphatic heterocycles. The van der Waals surface area contributed by atoms with Crippen molar-refractivity contribution in [2.45, 2.75) is 32.7 Å². The lowest BCUT2D eigenvalue weighted by atomic mass is 10.2. The Labute approximate surface area is 113 Å². The van der Waals surface area contributed by atoms with Gasteiger partial charge in [-0.15, -0.1) is 0 Å². The minimum Gasteiger partial charge on any atom is -0.384 e. The third-order valence-corrected chi connectivity index (χ3v) is 5.28. The van der Waals surface area contributed by atoms with Gasteiger partial charge in [0.05, 0.1) is 29.8 Å². The first kappa shape index (κ1) is 14.3. The first-order valence-corrected chi connectivity index (χ1v) is 8.38. The summed E-state index contributed by atoms with van der Waals surface area (Å²) in [6.07, 6.45) is 1.30. The van der Waals surface area contributed by atoms with Crippen molar-refractivity contribution < 1.29 is 13.2 Å². The maximum Gasteiger partial charge on any atom is 0.152 e. The lowest BCUT2D eigenvalue weighted by Gasteiger charge is -2.10. The summed E-state index contributed by atoms with van der Waals surface area (Å²) in [6, 6.07) is -0.121. The molecule has 0 bridgehead atoms. The highest BCUT2D eigenvalue weighted by Gasteiger charge is 2.31. The van der Waals surface area contributed by atoms with Crippen molar-refractivity contribution in [1.29, 1.82) is 0 Å². The Hall–Kier alpha value is -1.08. The molecule has 1 aromatic heterocycles. The molecule has 1 aromatic rings. The van der Waals surface area contributed by atoms with E-state index >= 15 is 0 Å². The Bertz CT molecular complexity index is 551. The van der Waals surface area contributed by atoms with E-state index in [1.807, 2.05) is 13.8 Å². The molecule has 0 amide bonds. The van der Waals surface area contributed by atoms with E-state index in [9.17, 15) is 8.42 Å². The molecule has 1 saturated heterocycles. The van der Waals surface area contributed by atoms with Gasteiger partial charge in [-0.3, -0.25) is 0 Å². The zero-order chi connectivity index (χ0) is 14.0. The molecule has 1 unspecified atom stereocenters. The summed E-state index contributed by atoms with van der Waals surface area (Å²) < 4.78 is 30.0. The molecule has 0 aliphatic carbocycles. The number of nitrogens with zero attached hydrogens (tertiary/aromatic N) is 2. The summed E-state index contributed by atoms with van der Waals surface area (Å²) in [5, 5.41) is 4.48. The highest BCUT2D eigenvalue weighted by Crippen LogP contribution is 2.28. The van der Waals surface area contributed by atoms with Crippen molar-refractivity contribution in [2.24, 2.45) is 0 Å². The topological polar surface area (TPSA) is 87.2 Å². The average Bonchev–Trinajstić information content (AvgIpc) is 2.84. The summed E-state index contributed by atoms with van der Waals surface area (Å²) in [7, 11) is -2.93. The zero-order valence-corrected chi connectivity index (χ0v) is 12.2. The zero-order valence-electron chi connectivity index (χ0n) is 11.4. The molecular formula is C12H21N3O3S. The maximum atomic E-state index is 11.5. The molecule has 108 valence electrons. The quantitative estimate of drug-likeness (QED) is 0.806.